The molecule has 1 saturated carbocycles. The van der Waals surface area contributed by atoms with Gasteiger partial charge in [0.2, 0.25) is 0 Å². The highest BCUT2D eigenvalue weighted by atomic mass is 16.2. The minimum absolute atomic E-state index is 0.355. The molecule has 0 radical (unpaired) electrons. The Hall–Kier alpha value is -0.860. The van der Waals surface area contributed by atoms with Gasteiger partial charge in [0.1, 0.15) is 0 Å². The summed E-state index contributed by atoms with van der Waals surface area (Å²) >= 11 is 0. The molecule has 1 fully saturated rings. The summed E-state index contributed by atoms with van der Waals surface area (Å²) in [5.41, 5.74) is 1.40. The first-order chi connectivity index (χ1) is 9.86. The lowest BCUT2D eigenvalue weighted by atomic mass is 9.95. The molecule has 20 heavy (non-hydrogen) atoms. The molecular formula is C18H31NO. The van der Waals surface area contributed by atoms with Gasteiger partial charge in [-0.2, -0.15) is 0 Å². The minimum Gasteiger partial charge on any atom is -0.396 e. The molecule has 1 aliphatic rings. The van der Waals surface area contributed by atoms with Crippen molar-refractivity contribution in [1.29, 1.82) is 0 Å². The Kier molecular flexibility index (Phi) is 10.3. The molecule has 2 N–H and O–H groups in total. The molecule has 0 heterocycles. The van der Waals surface area contributed by atoms with Gasteiger partial charge in [0.25, 0.3) is 0 Å². The molecule has 2 heteroatoms. The lowest BCUT2D eigenvalue weighted by Gasteiger charge is -2.22. The second-order valence-corrected chi connectivity index (χ2v) is 5.63. The number of nitrogens with one attached hydrogen (secondary N) is 1. The van der Waals surface area contributed by atoms with Gasteiger partial charge in [-0.15, -0.1) is 0 Å². The average Bonchev–Trinajstić information content (AvgIpc) is 2.53. The number of benzene rings is 1. The predicted molar refractivity (Wildman–Crippen MR) is 86.8 cm³/mol. The van der Waals surface area contributed by atoms with Gasteiger partial charge in [0.15, 0.2) is 0 Å². The largest absolute Gasteiger partial charge is 0.396 e. The van der Waals surface area contributed by atoms with Gasteiger partial charge in [0, 0.05) is 19.2 Å². The van der Waals surface area contributed by atoms with Crippen LogP contribution in [0.15, 0.2) is 30.3 Å². The van der Waals surface area contributed by atoms with Crippen molar-refractivity contribution in [2.45, 2.75) is 70.9 Å². The van der Waals surface area contributed by atoms with Crippen LogP contribution in [0.3, 0.4) is 0 Å². The molecule has 1 aromatic carbocycles. The van der Waals surface area contributed by atoms with Crippen LogP contribution in [0.5, 0.6) is 0 Å². The maximum absolute atomic E-state index is 8.20. The second-order valence-electron chi connectivity index (χ2n) is 5.63. The number of aliphatic hydroxyl groups excluding tert-OH is 1. The summed E-state index contributed by atoms with van der Waals surface area (Å²) in [6.07, 6.45) is 10.3. The molecule has 0 spiro atoms. The van der Waals surface area contributed by atoms with Crippen LogP contribution >= 0.6 is 0 Å². The smallest absolute Gasteiger partial charge is 0.0431 e. The van der Waals surface area contributed by atoms with Crippen molar-refractivity contribution < 1.29 is 5.11 Å². The topological polar surface area (TPSA) is 32.3 Å². The molecule has 1 aliphatic carbocycles. The lowest BCUT2D eigenvalue weighted by molar-refractivity contribution is 0.284. The Morgan fingerprint density at radius 3 is 2.30 bits per heavy atom. The zero-order chi connectivity index (χ0) is 14.5. The highest BCUT2D eigenvalue weighted by Gasteiger charge is 2.11. The van der Waals surface area contributed by atoms with Crippen LogP contribution in [0.1, 0.15) is 63.9 Å². The third-order valence-electron chi connectivity index (χ3n) is 3.80. The number of aliphatic hydroxyl groups is 1. The average molecular weight is 277 g/mol. The van der Waals surface area contributed by atoms with E-state index in [0.29, 0.717) is 6.61 Å². The summed E-state index contributed by atoms with van der Waals surface area (Å²) in [4.78, 5) is 0. The van der Waals surface area contributed by atoms with Crippen molar-refractivity contribution in [2.75, 3.05) is 6.61 Å². The molecule has 2 rings (SSSR count). The highest BCUT2D eigenvalue weighted by molar-refractivity contribution is 5.14. The summed E-state index contributed by atoms with van der Waals surface area (Å²) < 4.78 is 0. The third kappa shape index (κ3) is 8.34. The number of hydrogen-bond donors (Lipinski definition) is 2. The van der Waals surface area contributed by atoms with Crippen molar-refractivity contribution in [2.24, 2.45) is 0 Å². The Morgan fingerprint density at radius 1 is 1.05 bits per heavy atom. The molecule has 0 aliphatic heterocycles. The maximum Gasteiger partial charge on any atom is 0.0431 e. The van der Waals surface area contributed by atoms with Gasteiger partial charge in [-0.3, -0.25) is 0 Å². The van der Waals surface area contributed by atoms with E-state index in [4.69, 9.17) is 5.11 Å². The minimum atomic E-state index is 0.355. The zero-order valence-corrected chi connectivity index (χ0v) is 13.0. The van der Waals surface area contributed by atoms with Gasteiger partial charge in [-0.1, -0.05) is 69.4 Å². The van der Waals surface area contributed by atoms with Crippen LogP contribution in [0.4, 0.5) is 0 Å². The summed E-state index contributed by atoms with van der Waals surface area (Å²) in [6, 6.07) is 11.4. The van der Waals surface area contributed by atoms with Gasteiger partial charge in [-0.25, -0.2) is 0 Å². The molecule has 1 aromatic rings. The Morgan fingerprint density at radius 2 is 1.75 bits per heavy atom. The van der Waals surface area contributed by atoms with Crippen molar-refractivity contribution in [3.63, 3.8) is 0 Å². The third-order valence-corrected chi connectivity index (χ3v) is 3.80. The number of unbranched alkanes of at least 4 members (excludes halogenated alkanes) is 2. The van der Waals surface area contributed by atoms with Crippen LogP contribution in [-0.4, -0.2) is 17.8 Å². The fraction of sp³-hybridized carbons (Fsp3) is 0.667. The molecule has 0 saturated heterocycles. The van der Waals surface area contributed by atoms with E-state index >= 15 is 0 Å². The van der Waals surface area contributed by atoms with Crippen LogP contribution in [0.2, 0.25) is 0 Å². The monoisotopic (exact) mass is 277 g/mol. The first-order valence-corrected chi connectivity index (χ1v) is 8.25. The second kappa shape index (κ2) is 11.9. The van der Waals surface area contributed by atoms with Gasteiger partial charge >= 0.3 is 0 Å². The SMILES string of the molecule is CCCCCO.c1ccc(CNC2CCCCC2)cc1. The van der Waals surface area contributed by atoms with Crippen molar-refractivity contribution in [3.05, 3.63) is 35.9 Å². The van der Waals surface area contributed by atoms with E-state index in [1.165, 1.54) is 44.1 Å². The van der Waals surface area contributed by atoms with Gasteiger partial charge < -0.3 is 10.4 Å². The van der Waals surface area contributed by atoms with Crippen LogP contribution < -0.4 is 5.32 Å². The summed E-state index contributed by atoms with van der Waals surface area (Å²) in [5.74, 6) is 0. The normalized spacial score (nSPS) is 15.5. The lowest BCUT2D eigenvalue weighted by Crippen LogP contribution is -2.30. The molecule has 0 unspecified atom stereocenters. The zero-order valence-electron chi connectivity index (χ0n) is 13.0. The first-order valence-electron chi connectivity index (χ1n) is 8.25. The quantitative estimate of drug-likeness (QED) is 0.761. The first kappa shape index (κ1) is 17.2. The number of rotatable bonds is 6. The molecular weight excluding hydrogens is 246 g/mol. The summed E-state index contributed by atoms with van der Waals surface area (Å²) in [7, 11) is 0. The molecule has 0 bridgehead atoms. The van der Waals surface area contributed by atoms with E-state index in [0.717, 1.165) is 25.4 Å². The fourth-order valence-corrected chi connectivity index (χ4v) is 2.53. The Bertz CT molecular complexity index is 302. The fourth-order valence-electron chi connectivity index (χ4n) is 2.53. The van der Waals surface area contributed by atoms with Crippen LogP contribution in [0, 0.1) is 0 Å². The molecule has 114 valence electrons. The van der Waals surface area contributed by atoms with E-state index in [1.807, 2.05) is 0 Å². The molecule has 0 aromatic heterocycles. The van der Waals surface area contributed by atoms with Crippen molar-refractivity contribution >= 4 is 0 Å². The van der Waals surface area contributed by atoms with Crippen LogP contribution in [0.25, 0.3) is 0 Å². The van der Waals surface area contributed by atoms with Gasteiger partial charge in [0.05, 0.1) is 0 Å². The Balaban J connectivity index is 0.000000286. The van der Waals surface area contributed by atoms with E-state index in [9.17, 15) is 0 Å². The highest BCUT2D eigenvalue weighted by Crippen LogP contribution is 2.17. The molecule has 2 nitrogen and oxygen atoms in total. The number of hydrogen-bond acceptors (Lipinski definition) is 2. The van der Waals surface area contributed by atoms with E-state index in [2.05, 4.69) is 42.6 Å². The summed E-state index contributed by atoms with van der Waals surface area (Å²) in [5, 5.41) is 11.8. The predicted octanol–water partition coefficient (Wildman–Crippen LogP) is 4.28. The van der Waals surface area contributed by atoms with Crippen molar-refractivity contribution in [3.8, 4) is 0 Å². The van der Waals surface area contributed by atoms with E-state index in [1.54, 1.807) is 0 Å². The van der Waals surface area contributed by atoms with E-state index < -0.39 is 0 Å². The van der Waals surface area contributed by atoms with E-state index in [-0.39, 0.29) is 0 Å². The molecule has 0 amide bonds. The standard InChI is InChI=1S/C13H19N.C5H12O/c1-3-7-12(8-4-1)11-14-13-9-5-2-6-10-13;1-2-3-4-5-6/h1,3-4,7-8,13-14H,2,5-6,9-11H2;6H,2-5H2,1H3. The Labute approximate surface area is 124 Å². The molecule has 0 atom stereocenters. The maximum atomic E-state index is 8.20. The van der Waals surface area contributed by atoms with Gasteiger partial charge in [-0.05, 0) is 24.8 Å². The summed E-state index contributed by atoms with van der Waals surface area (Å²) in [6.45, 7) is 3.51. The van der Waals surface area contributed by atoms with Crippen LogP contribution in [-0.2, 0) is 6.54 Å². The van der Waals surface area contributed by atoms with Crippen molar-refractivity contribution in [1.82, 2.24) is 5.32 Å².